The van der Waals surface area contributed by atoms with Crippen LogP contribution in [0.4, 0.5) is 26.1 Å². The van der Waals surface area contributed by atoms with Crippen LogP contribution < -0.4 is 10.2 Å². The minimum Gasteiger partial charge on any atom is -0.380 e. The fourth-order valence-corrected chi connectivity index (χ4v) is 4.18. The van der Waals surface area contributed by atoms with Gasteiger partial charge in [-0.05, 0) is 55.7 Å². The number of hydrogen-bond donors (Lipinski definition) is 1. The standard InChI is InChI=1S/C22H23F2N5O/c1-15-6-18(11-19(7-15)28-4-2-22(3-5-28)12-30-13-22)26-21-25-14-29(27-21)20-9-16(23)8-17(24)10-20/h6-11,14H,2-5,12-13H2,1H3,(H,26,27). The fraction of sp³-hybridized carbons (Fsp3) is 0.364. The van der Waals surface area contributed by atoms with Crippen LogP contribution in [0.25, 0.3) is 5.69 Å². The molecule has 5 rings (SSSR count). The van der Waals surface area contributed by atoms with Crippen molar-refractivity contribution in [3.63, 3.8) is 0 Å². The first-order valence-corrected chi connectivity index (χ1v) is 10.1. The summed E-state index contributed by atoms with van der Waals surface area (Å²) in [7, 11) is 0. The van der Waals surface area contributed by atoms with Gasteiger partial charge in [-0.15, -0.1) is 5.10 Å². The maximum absolute atomic E-state index is 13.5. The molecule has 6 nitrogen and oxygen atoms in total. The van der Waals surface area contributed by atoms with Gasteiger partial charge in [-0.25, -0.2) is 13.5 Å². The van der Waals surface area contributed by atoms with E-state index in [0.29, 0.717) is 11.4 Å². The Morgan fingerprint density at radius 2 is 1.70 bits per heavy atom. The molecule has 2 fully saturated rings. The maximum atomic E-state index is 13.5. The number of benzene rings is 2. The SMILES string of the molecule is Cc1cc(Nc2ncn(-c3cc(F)cc(F)c3)n2)cc(N2CCC3(CC2)COC3)c1. The molecule has 2 aromatic carbocycles. The molecule has 0 atom stereocenters. The lowest BCUT2D eigenvalue weighted by atomic mass is 9.77. The van der Waals surface area contributed by atoms with Crippen molar-refractivity contribution in [3.8, 4) is 5.69 Å². The molecule has 0 amide bonds. The van der Waals surface area contributed by atoms with Crippen LogP contribution in [0.1, 0.15) is 18.4 Å². The molecule has 3 aromatic rings. The van der Waals surface area contributed by atoms with E-state index >= 15 is 0 Å². The molecule has 0 bridgehead atoms. The molecule has 1 N–H and O–H groups in total. The quantitative estimate of drug-likeness (QED) is 0.697. The Labute approximate surface area is 173 Å². The Kier molecular flexibility index (Phi) is 4.66. The van der Waals surface area contributed by atoms with E-state index in [9.17, 15) is 8.78 Å². The molecule has 8 heteroatoms. The van der Waals surface area contributed by atoms with Crippen molar-refractivity contribution < 1.29 is 13.5 Å². The maximum Gasteiger partial charge on any atom is 0.246 e. The molecular formula is C22H23F2N5O. The lowest BCUT2D eigenvalue weighted by Gasteiger charge is -2.47. The molecule has 1 spiro atoms. The number of piperidine rings is 1. The van der Waals surface area contributed by atoms with E-state index in [-0.39, 0.29) is 5.69 Å². The fourth-order valence-electron chi connectivity index (χ4n) is 4.18. The minimum absolute atomic E-state index is 0.278. The van der Waals surface area contributed by atoms with Crippen molar-refractivity contribution in [2.24, 2.45) is 5.41 Å². The molecule has 1 aromatic heterocycles. The molecule has 0 radical (unpaired) electrons. The molecule has 30 heavy (non-hydrogen) atoms. The van der Waals surface area contributed by atoms with Crippen LogP contribution in [-0.2, 0) is 4.74 Å². The topological polar surface area (TPSA) is 55.2 Å². The Morgan fingerprint density at radius 3 is 2.37 bits per heavy atom. The third-order valence-electron chi connectivity index (χ3n) is 5.93. The predicted molar refractivity (Wildman–Crippen MR) is 110 cm³/mol. The average Bonchev–Trinajstić information content (AvgIpc) is 3.14. The highest BCUT2D eigenvalue weighted by atomic mass is 19.1. The Bertz CT molecular complexity index is 1050. The van der Waals surface area contributed by atoms with Crippen molar-refractivity contribution in [1.82, 2.24) is 14.8 Å². The van der Waals surface area contributed by atoms with E-state index < -0.39 is 11.6 Å². The molecular weight excluding hydrogens is 388 g/mol. The molecule has 2 aliphatic rings. The number of ether oxygens (including phenoxy) is 1. The van der Waals surface area contributed by atoms with Crippen LogP contribution >= 0.6 is 0 Å². The first kappa shape index (κ1) is 19.0. The molecule has 156 valence electrons. The molecule has 3 heterocycles. The second kappa shape index (κ2) is 7.36. The summed E-state index contributed by atoms with van der Waals surface area (Å²) in [6.45, 7) is 5.88. The summed E-state index contributed by atoms with van der Waals surface area (Å²) in [6, 6.07) is 9.55. The van der Waals surface area contributed by atoms with Crippen LogP contribution in [0.15, 0.2) is 42.7 Å². The van der Waals surface area contributed by atoms with Gasteiger partial charge < -0.3 is 15.0 Å². The van der Waals surface area contributed by atoms with Crippen LogP contribution in [0.2, 0.25) is 0 Å². The largest absolute Gasteiger partial charge is 0.380 e. The highest BCUT2D eigenvalue weighted by molar-refractivity contribution is 5.64. The van der Waals surface area contributed by atoms with E-state index in [0.717, 1.165) is 56.5 Å². The monoisotopic (exact) mass is 411 g/mol. The second-order valence-electron chi connectivity index (χ2n) is 8.30. The van der Waals surface area contributed by atoms with Crippen molar-refractivity contribution >= 4 is 17.3 Å². The van der Waals surface area contributed by atoms with E-state index in [1.807, 2.05) is 6.07 Å². The lowest BCUT2D eigenvalue weighted by Crippen LogP contribution is -2.50. The number of nitrogens with zero attached hydrogens (tertiary/aromatic N) is 4. The highest BCUT2D eigenvalue weighted by Crippen LogP contribution is 2.40. The van der Waals surface area contributed by atoms with Gasteiger partial charge >= 0.3 is 0 Å². The van der Waals surface area contributed by atoms with Gasteiger partial charge in [-0.2, -0.15) is 4.98 Å². The van der Waals surface area contributed by atoms with Crippen molar-refractivity contribution in [1.29, 1.82) is 0 Å². The van der Waals surface area contributed by atoms with Gasteiger partial charge in [0.05, 0.1) is 18.9 Å². The van der Waals surface area contributed by atoms with E-state index in [1.54, 1.807) is 0 Å². The third-order valence-corrected chi connectivity index (χ3v) is 5.93. The molecule has 0 aliphatic carbocycles. The predicted octanol–water partition coefficient (Wildman–Crippen LogP) is 4.21. The van der Waals surface area contributed by atoms with Crippen molar-refractivity contribution in [3.05, 3.63) is 59.9 Å². The van der Waals surface area contributed by atoms with Crippen LogP contribution in [0.5, 0.6) is 0 Å². The van der Waals surface area contributed by atoms with Gasteiger partial charge in [0.1, 0.15) is 18.0 Å². The summed E-state index contributed by atoms with van der Waals surface area (Å²) in [6.07, 6.45) is 3.73. The zero-order valence-corrected chi connectivity index (χ0v) is 16.7. The van der Waals surface area contributed by atoms with E-state index in [1.165, 1.54) is 28.8 Å². The highest BCUT2D eigenvalue weighted by Gasteiger charge is 2.41. The number of aryl methyl sites for hydroxylation is 1. The van der Waals surface area contributed by atoms with Crippen molar-refractivity contribution in [2.75, 3.05) is 36.5 Å². The Hall–Kier alpha value is -3.00. The number of nitrogens with one attached hydrogen (secondary N) is 1. The number of hydrogen-bond acceptors (Lipinski definition) is 5. The van der Waals surface area contributed by atoms with Crippen LogP contribution in [-0.4, -0.2) is 41.1 Å². The number of rotatable bonds is 4. The molecule has 2 aliphatic heterocycles. The summed E-state index contributed by atoms with van der Waals surface area (Å²) < 4.78 is 33.7. The molecule has 2 saturated heterocycles. The number of anilines is 3. The van der Waals surface area contributed by atoms with Gasteiger partial charge in [0.25, 0.3) is 0 Å². The third kappa shape index (κ3) is 3.75. The Morgan fingerprint density at radius 1 is 0.967 bits per heavy atom. The summed E-state index contributed by atoms with van der Waals surface area (Å²) in [5, 5.41) is 7.51. The van der Waals surface area contributed by atoms with Crippen LogP contribution in [0.3, 0.4) is 0 Å². The number of aromatic nitrogens is 3. The van der Waals surface area contributed by atoms with Crippen LogP contribution in [0, 0.1) is 24.0 Å². The van der Waals surface area contributed by atoms with Crippen molar-refractivity contribution in [2.45, 2.75) is 19.8 Å². The van der Waals surface area contributed by atoms with Gasteiger partial charge in [0.15, 0.2) is 0 Å². The first-order chi connectivity index (χ1) is 14.5. The summed E-state index contributed by atoms with van der Waals surface area (Å²) in [5.41, 5.74) is 3.85. The first-order valence-electron chi connectivity index (χ1n) is 10.1. The van der Waals surface area contributed by atoms with Gasteiger partial charge in [-0.3, -0.25) is 0 Å². The molecule has 0 unspecified atom stereocenters. The molecule has 0 saturated carbocycles. The Balaban J connectivity index is 1.32. The van der Waals surface area contributed by atoms with Gasteiger partial charge in [0.2, 0.25) is 5.95 Å². The zero-order valence-electron chi connectivity index (χ0n) is 16.7. The lowest BCUT2D eigenvalue weighted by molar-refractivity contribution is -0.124. The smallest absolute Gasteiger partial charge is 0.246 e. The van der Waals surface area contributed by atoms with E-state index in [2.05, 4.69) is 39.4 Å². The minimum atomic E-state index is -0.657. The van der Waals surface area contributed by atoms with E-state index in [4.69, 9.17) is 4.74 Å². The van der Waals surface area contributed by atoms with Gasteiger partial charge in [0, 0.05) is 35.9 Å². The van der Waals surface area contributed by atoms with Gasteiger partial charge in [-0.1, -0.05) is 0 Å². The number of halogens is 2. The second-order valence-corrected chi connectivity index (χ2v) is 8.30. The zero-order chi connectivity index (χ0) is 20.7. The summed E-state index contributed by atoms with van der Waals surface area (Å²) in [5.74, 6) is -0.953. The normalized spacial score (nSPS) is 17.8. The average molecular weight is 411 g/mol. The summed E-state index contributed by atoms with van der Waals surface area (Å²) >= 11 is 0. The summed E-state index contributed by atoms with van der Waals surface area (Å²) in [4.78, 5) is 6.63.